The maximum atomic E-state index is 13.3. The smallest absolute Gasteiger partial charge is 0.269 e. The van der Waals surface area contributed by atoms with Crippen molar-refractivity contribution in [2.24, 2.45) is 11.5 Å². The number of aryl methyl sites for hydroxylation is 1. The van der Waals surface area contributed by atoms with Gasteiger partial charge < -0.3 is 22.1 Å². The summed E-state index contributed by atoms with van der Waals surface area (Å²) >= 11 is 0. The van der Waals surface area contributed by atoms with Crippen LogP contribution in [0.2, 0.25) is 0 Å². The number of hydrogen-bond acceptors (Lipinski definition) is 7. The minimum absolute atomic E-state index is 0.257. The number of aldehydes is 1. The molecule has 0 saturated carbocycles. The van der Waals surface area contributed by atoms with Gasteiger partial charge in [0.05, 0.1) is 5.69 Å². The zero-order chi connectivity index (χ0) is 27.6. The van der Waals surface area contributed by atoms with Crippen molar-refractivity contribution in [3.8, 4) is 0 Å². The van der Waals surface area contributed by atoms with Gasteiger partial charge in [-0.25, -0.2) is 4.39 Å². The lowest BCUT2D eigenvalue weighted by Gasteiger charge is -2.12. The summed E-state index contributed by atoms with van der Waals surface area (Å²) < 4.78 is 13.3. The van der Waals surface area contributed by atoms with Crippen molar-refractivity contribution in [1.29, 1.82) is 0 Å². The fraction of sp³-hybridized carbons (Fsp3) is 0.214. The molecule has 9 heteroatoms. The zero-order valence-corrected chi connectivity index (χ0v) is 21.7. The van der Waals surface area contributed by atoms with E-state index < -0.39 is 5.67 Å². The quantitative estimate of drug-likeness (QED) is 0.280. The van der Waals surface area contributed by atoms with Gasteiger partial charge in [-0.2, -0.15) is 0 Å². The Morgan fingerprint density at radius 1 is 1.05 bits per heavy atom. The highest BCUT2D eigenvalue weighted by Gasteiger charge is 2.20. The Morgan fingerprint density at radius 3 is 2.35 bits per heavy atom. The predicted octanol–water partition coefficient (Wildman–Crippen LogP) is 4.19. The monoisotopic (exact) mass is 504 g/mol. The van der Waals surface area contributed by atoms with E-state index in [0.717, 1.165) is 22.4 Å². The molecule has 3 aromatic rings. The van der Waals surface area contributed by atoms with Crippen molar-refractivity contribution in [3.05, 3.63) is 101 Å². The molecule has 0 fully saturated rings. The molecule has 194 valence electrons. The van der Waals surface area contributed by atoms with E-state index in [1.165, 1.54) is 32.3 Å². The lowest BCUT2D eigenvalue weighted by Crippen LogP contribution is -2.19. The molecule has 8 nitrogen and oxygen atoms in total. The van der Waals surface area contributed by atoms with Crippen LogP contribution in [0, 0.1) is 6.92 Å². The van der Waals surface area contributed by atoms with Crippen LogP contribution in [0.15, 0.2) is 67.1 Å². The van der Waals surface area contributed by atoms with Gasteiger partial charge in [0.1, 0.15) is 17.6 Å². The molecule has 0 atom stereocenters. The third kappa shape index (κ3) is 7.99. The van der Waals surface area contributed by atoms with Crippen LogP contribution in [0.3, 0.4) is 0 Å². The van der Waals surface area contributed by atoms with Crippen LogP contribution in [0.4, 0.5) is 10.1 Å². The normalized spacial score (nSPS) is 11.7. The Balaban J connectivity index is 0.000000335. The number of pyridine rings is 2. The molecule has 2 aromatic heterocycles. The van der Waals surface area contributed by atoms with E-state index in [9.17, 15) is 14.0 Å². The number of amides is 1. The molecule has 0 unspecified atom stereocenters. The minimum atomic E-state index is -1.49. The number of benzene rings is 1. The summed E-state index contributed by atoms with van der Waals surface area (Å²) in [5.41, 5.74) is 16.7. The van der Waals surface area contributed by atoms with E-state index in [-0.39, 0.29) is 11.6 Å². The molecule has 1 aromatic carbocycles. The van der Waals surface area contributed by atoms with Crippen molar-refractivity contribution in [1.82, 2.24) is 15.3 Å². The van der Waals surface area contributed by atoms with Crippen LogP contribution >= 0.6 is 0 Å². The van der Waals surface area contributed by atoms with Crippen LogP contribution in [-0.2, 0) is 5.67 Å². The summed E-state index contributed by atoms with van der Waals surface area (Å²) in [7, 11) is 3.42. The maximum absolute atomic E-state index is 13.3. The summed E-state index contributed by atoms with van der Waals surface area (Å²) in [5.74, 6) is -0.257. The number of carbonyl (C=O) groups is 2. The molecule has 1 amide bonds. The Morgan fingerprint density at radius 2 is 1.76 bits per heavy atom. The maximum Gasteiger partial charge on any atom is 0.269 e. The molecule has 0 saturated heterocycles. The zero-order valence-electron chi connectivity index (χ0n) is 21.7. The molecule has 6 N–H and O–H groups in total. The SMILES string of the molecule is CC(C)(F)c1cc(C=O)ccn1.CNC(=O)c1cc(C(/C=C(\N)c2cc(NC)ccc2C)=C/N)ccn1. The standard InChI is InChI=1S/C19H23N5O.C9H10FNO/c1-12-4-5-15(22-2)10-16(12)17(21)8-14(11-20)13-6-7-24-18(9-13)19(25)23-3;1-9(2,10)8-5-7(6-12)3-4-11-8/h4-11,22H,20-21H2,1-3H3,(H,23,25);3-6H,1-2H3/b14-11+,17-8-;. The van der Waals surface area contributed by atoms with E-state index in [0.29, 0.717) is 28.8 Å². The summed E-state index contributed by atoms with van der Waals surface area (Å²) in [6.45, 7) is 4.81. The molecular weight excluding hydrogens is 471 g/mol. The number of alkyl halides is 1. The van der Waals surface area contributed by atoms with Crippen LogP contribution in [0.25, 0.3) is 11.3 Å². The van der Waals surface area contributed by atoms with Gasteiger partial charge in [-0.1, -0.05) is 6.07 Å². The molecule has 0 bridgehead atoms. The molecule has 0 aliphatic rings. The Kier molecular flexibility index (Phi) is 10.1. The Bertz CT molecular complexity index is 1310. The number of nitrogens with one attached hydrogen (secondary N) is 2. The third-order valence-corrected chi connectivity index (χ3v) is 5.41. The van der Waals surface area contributed by atoms with Crippen molar-refractivity contribution in [3.63, 3.8) is 0 Å². The van der Waals surface area contributed by atoms with E-state index in [1.54, 1.807) is 37.5 Å². The Hall–Kier alpha value is -4.53. The molecule has 0 aliphatic carbocycles. The van der Waals surface area contributed by atoms with Gasteiger partial charge in [-0.05, 0) is 79.9 Å². The third-order valence-electron chi connectivity index (χ3n) is 5.41. The second-order valence-electron chi connectivity index (χ2n) is 8.57. The minimum Gasteiger partial charge on any atom is -0.404 e. The lowest BCUT2D eigenvalue weighted by atomic mass is 10.0. The van der Waals surface area contributed by atoms with Crippen molar-refractivity contribution in [2.75, 3.05) is 19.4 Å². The van der Waals surface area contributed by atoms with Gasteiger partial charge in [-0.15, -0.1) is 0 Å². The fourth-order valence-electron chi connectivity index (χ4n) is 3.27. The number of allylic oxidation sites excluding steroid dienone is 2. The molecule has 2 heterocycles. The second-order valence-corrected chi connectivity index (χ2v) is 8.57. The molecule has 37 heavy (non-hydrogen) atoms. The Labute approximate surface area is 216 Å². The van der Waals surface area contributed by atoms with Crippen LogP contribution in [-0.4, -0.2) is 36.3 Å². The topological polar surface area (TPSA) is 136 Å². The van der Waals surface area contributed by atoms with Gasteiger partial charge in [-0.3, -0.25) is 19.6 Å². The van der Waals surface area contributed by atoms with E-state index >= 15 is 0 Å². The average Bonchev–Trinajstić information content (AvgIpc) is 2.91. The first-order valence-corrected chi connectivity index (χ1v) is 11.5. The fourth-order valence-corrected chi connectivity index (χ4v) is 3.27. The van der Waals surface area contributed by atoms with Crippen molar-refractivity contribution >= 4 is 29.2 Å². The predicted molar refractivity (Wildman–Crippen MR) is 146 cm³/mol. The largest absolute Gasteiger partial charge is 0.404 e. The second kappa shape index (κ2) is 13.0. The first-order chi connectivity index (χ1) is 17.5. The number of rotatable bonds is 7. The lowest BCUT2D eigenvalue weighted by molar-refractivity contribution is 0.0957. The summed E-state index contributed by atoms with van der Waals surface area (Å²) in [6.07, 6.45) is 6.94. The number of nitrogens with two attached hydrogens (primary N) is 2. The molecule has 3 rings (SSSR count). The number of nitrogens with zero attached hydrogens (tertiary/aromatic N) is 2. The summed E-state index contributed by atoms with van der Waals surface area (Å²) in [5, 5.41) is 5.65. The first-order valence-electron chi connectivity index (χ1n) is 11.5. The van der Waals surface area contributed by atoms with Crippen molar-refractivity contribution in [2.45, 2.75) is 26.4 Å². The highest BCUT2D eigenvalue weighted by Crippen LogP contribution is 2.24. The molecule has 0 aliphatic heterocycles. The number of carbonyl (C=O) groups excluding carboxylic acids is 2. The molecular formula is C28H33FN6O2. The van der Waals surface area contributed by atoms with Gasteiger partial charge in [0.15, 0.2) is 0 Å². The first kappa shape index (κ1) is 28.7. The van der Waals surface area contributed by atoms with Crippen LogP contribution in [0.5, 0.6) is 0 Å². The van der Waals surface area contributed by atoms with E-state index in [1.807, 2.05) is 32.2 Å². The number of hydrogen-bond donors (Lipinski definition) is 4. The van der Waals surface area contributed by atoms with Crippen LogP contribution < -0.4 is 22.1 Å². The van der Waals surface area contributed by atoms with Gasteiger partial charge in [0, 0.05) is 55.2 Å². The summed E-state index contributed by atoms with van der Waals surface area (Å²) in [6, 6.07) is 12.4. The van der Waals surface area contributed by atoms with E-state index in [2.05, 4.69) is 20.6 Å². The van der Waals surface area contributed by atoms with Gasteiger partial charge in [0.25, 0.3) is 5.91 Å². The van der Waals surface area contributed by atoms with Crippen molar-refractivity contribution < 1.29 is 14.0 Å². The average molecular weight is 505 g/mol. The van der Waals surface area contributed by atoms with Gasteiger partial charge in [0.2, 0.25) is 0 Å². The number of halogens is 1. The van der Waals surface area contributed by atoms with E-state index in [4.69, 9.17) is 11.5 Å². The molecule has 0 spiro atoms. The number of aromatic nitrogens is 2. The van der Waals surface area contributed by atoms with Gasteiger partial charge >= 0.3 is 0 Å². The summed E-state index contributed by atoms with van der Waals surface area (Å²) in [4.78, 5) is 30.0. The highest BCUT2D eigenvalue weighted by molar-refractivity contribution is 5.93. The highest BCUT2D eigenvalue weighted by atomic mass is 19.1. The van der Waals surface area contributed by atoms with Crippen LogP contribution in [0.1, 0.15) is 57.1 Å². The number of anilines is 1. The molecule has 0 radical (unpaired) electrons.